The van der Waals surface area contributed by atoms with Gasteiger partial charge in [-0.05, 0) is 64.2 Å². The van der Waals surface area contributed by atoms with Gasteiger partial charge in [0.2, 0.25) is 5.91 Å². The molecule has 0 saturated carbocycles. The number of nitrogens with two attached hydrogens (primary N) is 1. The second kappa shape index (κ2) is 35.8. The van der Waals surface area contributed by atoms with E-state index in [2.05, 4.69) is 79.9 Å². The first kappa shape index (κ1) is 46.9. The summed E-state index contributed by atoms with van der Waals surface area (Å²) in [6.07, 6.45) is 45.5. The van der Waals surface area contributed by atoms with Crippen molar-refractivity contribution in [2.75, 3.05) is 19.8 Å². The first-order valence-corrected chi connectivity index (χ1v) is 20.6. The zero-order chi connectivity index (χ0) is 36.1. The van der Waals surface area contributed by atoms with Crippen LogP contribution in [-0.4, -0.2) is 47.8 Å². The van der Waals surface area contributed by atoms with Crippen molar-refractivity contribution in [3.63, 3.8) is 0 Å². The lowest BCUT2D eigenvalue weighted by atomic mass is 10.0. The Balaban J connectivity index is 4.09. The molecule has 282 valence electrons. The average molecular weight is 707 g/mol. The third-order valence-electron chi connectivity index (χ3n) is 7.75. The maximum Gasteiger partial charge on any atom is 0.472 e. The van der Waals surface area contributed by atoms with Crippen LogP contribution in [0.1, 0.15) is 142 Å². The second-order valence-corrected chi connectivity index (χ2v) is 13.8. The van der Waals surface area contributed by atoms with Crippen LogP contribution < -0.4 is 11.1 Å². The largest absolute Gasteiger partial charge is 0.472 e. The molecule has 0 aromatic carbocycles. The Bertz CT molecular complexity index is 991. The highest BCUT2D eigenvalue weighted by molar-refractivity contribution is 7.47. The highest BCUT2D eigenvalue weighted by Gasteiger charge is 2.26. The van der Waals surface area contributed by atoms with Gasteiger partial charge in [0.25, 0.3) is 0 Å². The standard InChI is InChI=1S/C40H71N2O6P/c1-3-5-7-9-11-12-13-14-15-16-17-18-19-20-21-22-23-24-25-26-28-30-32-34-40(44)42-38(37-48-49(45,46)47-36-35-41)39(43)33-31-29-27-10-8-6-4-2/h5,7-8,10-12,14-15,17-18,31,33,38-39,43H,3-4,6,9,13,16,19-30,32,34-37,41H2,1-2H3,(H,42,44)(H,45,46)/b7-5-,10-8+,12-11-,15-14-,18-17-,33-31+. The number of aliphatic hydroxyl groups is 1. The van der Waals surface area contributed by atoms with E-state index in [-0.39, 0.29) is 25.7 Å². The molecule has 0 spiro atoms. The van der Waals surface area contributed by atoms with E-state index in [1.165, 1.54) is 44.9 Å². The van der Waals surface area contributed by atoms with Crippen molar-refractivity contribution >= 4 is 13.7 Å². The van der Waals surface area contributed by atoms with E-state index in [9.17, 15) is 19.4 Å². The number of aliphatic hydroxyl groups excluding tert-OH is 1. The molecule has 3 atom stereocenters. The normalized spacial score (nSPS) is 15.1. The molecule has 1 amide bonds. The van der Waals surface area contributed by atoms with Gasteiger partial charge < -0.3 is 21.1 Å². The molecule has 0 radical (unpaired) electrons. The van der Waals surface area contributed by atoms with Gasteiger partial charge in [-0.1, -0.05) is 145 Å². The Kier molecular flexibility index (Phi) is 34.3. The van der Waals surface area contributed by atoms with Crippen LogP contribution in [0.5, 0.6) is 0 Å². The number of hydrogen-bond donors (Lipinski definition) is 4. The fourth-order valence-corrected chi connectivity index (χ4v) is 5.67. The van der Waals surface area contributed by atoms with Crippen LogP contribution in [0, 0.1) is 0 Å². The Morgan fingerprint density at radius 2 is 1.20 bits per heavy atom. The fourth-order valence-electron chi connectivity index (χ4n) is 4.91. The molecule has 0 fully saturated rings. The van der Waals surface area contributed by atoms with Gasteiger partial charge in [-0.15, -0.1) is 0 Å². The van der Waals surface area contributed by atoms with E-state index >= 15 is 0 Å². The third-order valence-corrected chi connectivity index (χ3v) is 8.73. The maximum absolute atomic E-state index is 12.6. The Morgan fingerprint density at radius 3 is 1.80 bits per heavy atom. The molecule has 0 saturated heterocycles. The van der Waals surface area contributed by atoms with Crippen molar-refractivity contribution in [1.29, 1.82) is 0 Å². The van der Waals surface area contributed by atoms with E-state index in [1.807, 2.05) is 6.08 Å². The molecule has 0 aromatic rings. The number of hydrogen-bond acceptors (Lipinski definition) is 6. The van der Waals surface area contributed by atoms with Gasteiger partial charge in [0.1, 0.15) is 0 Å². The second-order valence-electron chi connectivity index (χ2n) is 12.4. The zero-order valence-electron chi connectivity index (χ0n) is 30.9. The summed E-state index contributed by atoms with van der Waals surface area (Å²) < 4.78 is 21.9. The van der Waals surface area contributed by atoms with Crippen molar-refractivity contribution in [3.05, 3.63) is 72.9 Å². The highest BCUT2D eigenvalue weighted by Crippen LogP contribution is 2.43. The molecule has 0 aromatic heterocycles. The molecule has 0 aliphatic rings. The molecule has 0 aliphatic carbocycles. The van der Waals surface area contributed by atoms with Gasteiger partial charge in [-0.2, -0.15) is 0 Å². The Morgan fingerprint density at radius 1 is 0.694 bits per heavy atom. The molecule has 0 bridgehead atoms. The van der Waals surface area contributed by atoms with Crippen LogP contribution in [0.25, 0.3) is 0 Å². The van der Waals surface area contributed by atoms with E-state index in [4.69, 9.17) is 14.8 Å². The zero-order valence-corrected chi connectivity index (χ0v) is 31.8. The molecule has 5 N–H and O–H groups in total. The van der Waals surface area contributed by atoms with Crippen molar-refractivity contribution in [1.82, 2.24) is 5.32 Å². The van der Waals surface area contributed by atoms with E-state index < -0.39 is 20.0 Å². The van der Waals surface area contributed by atoms with Crippen molar-refractivity contribution < 1.29 is 28.4 Å². The van der Waals surface area contributed by atoms with Gasteiger partial charge in [0, 0.05) is 13.0 Å². The lowest BCUT2D eigenvalue weighted by Gasteiger charge is -2.23. The van der Waals surface area contributed by atoms with Crippen LogP contribution in [-0.2, 0) is 18.4 Å². The van der Waals surface area contributed by atoms with Gasteiger partial charge >= 0.3 is 7.82 Å². The van der Waals surface area contributed by atoms with Crippen LogP contribution in [0.2, 0.25) is 0 Å². The quantitative estimate of drug-likeness (QED) is 0.0298. The van der Waals surface area contributed by atoms with E-state index in [0.29, 0.717) is 6.42 Å². The Labute approximate surface area is 299 Å². The lowest BCUT2D eigenvalue weighted by Crippen LogP contribution is -2.45. The number of phosphoric ester groups is 1. The average Bonchev–Trinajstić information content (AvgIpc) is 3.09. The molecular weight excluding hydrogens is 635 g/mol. The summed E-state index contributed by atoms with van der Waals surface area (Å²) in [4.78, 5) is 22.5. The minimum Gasteiger partial charge on any atom is -0.387 e. The van der Waals surface area contributed by atoms with Gasteiger partial charge in [0.05, 0.1) is 25.4 Å². The highest BCUT2D eigenvalue weighted by atomic mass is 31.2. The predicted octanol–water partition coefficient (Wildman–Crippen LogP) is 10.1. The fraction of sp³-hybridized carbons (Fsp3) is 0.675. The van der Waals surface area contributed by atoms with Crippen molar-refractivity contribution in [3.8, 4) is 0 Å². The molecule has 0 heterocycles. The number of nitrogens with one attached hydrogen (secondary N) is 1. The predicted molar refractivity (Wildman–Crippen MR) is 207 cm³/mol. The SMILES string of the molecule is CC/C=C\C/C=C\C/C=C\C/C=C\CCCCCCCCCCCCC(=O)NC(COP(=O)(O)OCCN)C(O)/C=C/CC/C=C/CCC. The number of rotatable bonds is 34. The smallest absolute Gasteiger partial charge is 0.387 e. The molecular formula is C40H71N2O6P. The monoisotopic (exact) mass is 707 g/mol. The minimum atomic E-state index is -4.34. The molecule has 0 rings (SSSR count). The van der Waals surface area contributed by atoms with Crippen molar-refractivity contribution in [2.24, 2.45) is 5.73 Å². The summed E-state index contributed by atoms with van der Waals surface area (Å²) in [6, 6.07) is -0.879. The minimum absolute atomic E-state index is 0.0693. The molecule has 9 heteroatoms. The number of allylic oxidation sites excluding steroid dienone is 11. The first-order valence-electron chi connectivity index (χ1n) is 19.1. The number of carbonyl (C=O) groups is 1. The number of amides is 1. The molecule has 0 aliphatic heterocycles. The summed E-state index contributed by atoms with van der Waals surface area (Å²) in [5, 5.41) is 13.5. The molecule has 49 heavy (non-hydrogen) atoms. The van der Waals surface area contributed by atoms with Crippen molar-refractivity contribution in [2.45, 2.75) is 154 Å². The van der Waals surface area contributed by atoms with Crippen LogP contribution in [0.15, 0.2) is 72.9 Å². The summed E-state index contributed by atoms with van der Waals surface area (Å²) in [6.45, 7) is 3.85. The Hall–Kier alpha value is -2.06. The van der Waals surface area contributed by atoms with Gasteiger partial charge in [-0.25, -0.2) is 4.57 Å². The first-order chi connectivity index (χ1) is 23.9. The molecule has 8 nitrogen and oxygen atoms in total. The lowest BCUT2D eigenvalue weighted by molar-refractivity contribution is -0.123. The number of carbonyl (C=O) groups excluding carboxylic acids is 1. The van der Waals surface area contributed by atoms with Crippen LogP contribution >= 0.6 is 7.82 Å². The van der Waals surface area contributed by atoms with Crippen LogP contribution in [0.3, 0.4) is 0 Å². The summed E-state index contributed by atoms with van der Waals surface area (Å²) in [5.74, 6) is -0.218. The summed E-state index contributed by atoms with van der Waals surface area (Å²) in [7, 11) is -4.34. The number of unbranched alkanes of at least 4 members (excludes halogenated alkanes) is 12. The summed E-state index contributed by atoms with van der Waals surface area (Å²) >= 11 is 0. The summed E-state index contributed by atoms with van der Waals surface area (Å²) in [5.41, 5.74) is 5.33. The van der Waals surface area contributed by atoms with Gasteiger partial charge in [0.15, 0.2) is 0 Å². The number of phosphoric acid groups is 1. The van der Waals surface area contributed by atoms with Crippen LogP contribution in [0.4, 0.5) is 0 Å². The van der Waals surface area contributed by atoms with E-state index in [1.54, 1.807) is 6.08 Å². The van der Waals surface area contributed by atoms with E-state index in [0.717, 1.165) is 77.0 Å². The third kappa shape index (κ3) is 34.2. The molecule has 3 unspecified atom stereocenters. The maximum atomic E-state index is 12.6. The topological polar surface area (TPSA) is 131 Å². The van der Waals surface area contributed by atoms with Gasteiger partial charge in [-0.3, -0.25) is 13.8 Å².